The standard InChI is InChI=1S/C21H27NO2/c1-17-6-5-9-19(12-17)13-22(20-10-11-20)14-21(23)16-24-15-18-7-3-2-4-8-18/h2-9,12,20-21,23H,10-11,13-16H2,1H3. The van der Waals surface area contributed by atoms with Gasteiger partial charge in [-0.1, -0.05) is 60.2 Å². The molecular formula is C21H27NO2. The van der Waals surface area contributed by atoms with Gasteiger partial charge in [-0.05, 0) is 30.9 Å². The molecule has 0 aromatic heterocycles. The molecule has 1 aliphatic rings. The smallest absolute Gasteiger partial charge is 0.0900 e. The summed E-state index contributed by atoms with van der Waals surface area (Å²) in [6, 6.07) is 19.3. The second-order valence-corrected chi connectivity index (χ2v) is 6.80. The molecule has 1 aliphatic carbocycles. The largest absolute Gasteiger partial charge is 0.389 e. The van der Waals surface area contributed by atoms with Crippen molar-refractivity contribution in [1.29, 1.82) is 0 Å². The first-order chi connectivity index (χ1) is 11.7. The van der Waals surface area contributed by atoms with Gasteiger partial charge in [0.2, 0.25) is 0 Å². The lowest BCUT2D eigenvalue weighted by Gasteiger charge is -2.25. The first-order valence-electron chi connectivity index (χ1n) is 8.80. The van der Waals surface area contributed by atoms with E-state index in [1.165, 1.54) is 24.0 Å². The minimum absolute atomic E-state index is 0.381. The number of benzene rings is 2. The predicted octanol–water partition coefficient (Wildman–Crippen LogP) is 3.54. The fourth-order valence-electron chi connectivity index (χ4n) is 3.04. The van der Waals surface area contributed by atoms with E-state index >= 15 is 0 Å². The Morgan fingerprint density at radius 2 is 1.83 bits per heavy atom. The van der Waals surface area contributed by atoms with Crippen LogP contribution in [0.25, 0.3) is 0 Å². The van der Waals surface area contributed by atoms with Crippen LogP contribution in [0.1, 0.15) is 29.5 Å². The number of ether oxygens (including phenoxy) is 1. The molecule has 1 saturated carbocycles. The highest BCUT2D eigenvalue weighted by atomic mass is 16.5. The van der Waals surface area contributed by atoms with E-state index in [2.05, 4.69) is 36.1 Å². The van der Waals surface area contributed by atoms with Gasteiger partial charge in [0.05, 0.1) is 19.3 Å². The Labute approximate surface area is 144 Å². The van der Waals surface area contributed by atoms with E-state index in [-0.39, 0.29) is 0 Å². The number of hydrogen-bond acceptors (Lipinski definition) is 3. The van der Waals surface area contributed by atoms with Crippen molar-refractivity contribution in [3.8, 4) is 0 Å². The van der Waals surface area contributed by atoms with Crippen LogP contribution in [0.15, 0.2) is 54.6 Å². The van der Waals surface area contributed by atoms with Crippen molar-refractivity contribution in [3.63, 3.8) is 0 Å². The maximum absolute atomic E-state index is 10.3. The third-order valence-electron chi connectivity index (χ3n) is 4.40. The molecular weight excluding hydrogens is 298 g/mol. The van der Waals surface area contributed by atoms with E-state index in [0.717, 1.165) is 12.1 Å². The van der Waals surface area contributed by atoms with Gasteiger partial charge in [0, 0.05) is 19.1 Å². The average Bonchev–Trinajstić information content (AvgIpc) is 3.40. The van der Waals surface area contributed by atoms with Crippen LogP contribution in [0.2, 0.25) is 0 Å². The third-order valence-corrected chi connectivity index (χ3v) is 4.40. The molecule has 0 heterocycles. The third kappa shape index (κ3) is 5.45. The Bertz CT molecular complexity index is 625. The Morgan fingerprint density at radius 3 is 2.54 bits per heavy atom. The summed E-state index contributed by atoms with van der Waals surface area (Å²) in [6.07, 6.45) is 2.03. The van der Waals surface area contributed by atoms with Crippen LogP contribution in [0.3, 0.4) is 0 Å². The molecule has 0 radical (unpaired) electrons. The van der Waals surface area contributed by atoms with Crippen LogP contribution in [-0.4, -0.2) is 35.3 Å². The van der Waals surface area contributed by atoms with Crippen LogP contribution in [0.4, 0.5) is 0 Å². The maximum atomic E-state index is 10.3. The molecule has 0 saturated heterocycles. The maximum Gasteiger partial charge on any atom is 0.0900 e. The first-order valence-corrected chi connectivity index (χ1v) is 8.80. The van der Waals surface area contributed by atoms with Gasteiger partial charge in [0.15, 0.2) is 0 Å². The molecule has 1 fully saturated rings. The summed E-state index contributed by atoms with van der Waals surface area (Å²) in [6.45, 7) is 4.64. The van der Waals surface area contributed by atoms with Gasteiger partial charge in [0.25, 0.3) is 0 Å². The van der Waals surface area contributed by atoms with Crippen LogP contribution < -0.4 is 0 Å². The van der Waals surface area contributed by atoms with Gasteiger partial charge in [-0.3, -0.25) is 4.90 Å². The van der Waals surface area contributed by atoms with Gasteiger partial charge in [-0.15, -0.1) is 0 Å². The molecule has 0 spiro atoms. The molecule has 1 atom stereocenters. The Kier molecular flexibility index (Phi) is 6.02. The van der Waals surface area contributed by atoms with Crippen molar-refractivity contribution >= 4 is 0 Å². The average molecular weight is 325 g/mol. The van der Waals surface area contributed by atoms with Crippen LogP contribution >= 0.6 is 0 Å². The van der Waals surface area contributed by atoms with Crippen molar-refractivity contribution < 1.29 is 9.84 Å². The zero-order valence-corrected chi connectivity index (χ0v) is 14.4. The lowest BCUT2D eigenvalue weighted by Crippen LogP contribution is -2.36. The minimum atomic E-state index is -0.445. The Morgan fingerprint density at radius 1 is 1.08 bits per heavy atom. The number of aliphatic hydroxyl groups is 1. The molecule has 3 heteroatoms. The van der Waals surface area contributed by atoms with Gasteiger partial charge in [0.1, 0.15) is 0 Å². The highest BCUT2D eigenvalue weighted by Gasteiger charge is 2.30. The predicted molar refractivity (Wildman–Crippen MR) is 96.7 cm³/mol. The first kappa shape index (κ1) is 17.2. The van der Waals surface area contributed by atoms with Crippen LogP contribution in [0.5, 0.6) is 0 Å². The highest BCUT2D eigenvalue weighted by Crippen LogP contribution is 2.28. The summed E-state index contributed by atoms with van der Waals surface area (Å²) in [5.41, 5.74) is 3.75. The summed E-state index contributed by atoms with van der Waals surface area (Å²) >= 11 is 0. The molecule has 2 aromatic carbocycles. The molecule has 0 aliphatic heterocycles. The molecule has 3 rings (SSSR count). The van der Waals surface area contributed by atoms with Gasteiger partial charge in [-0.2, -0.15) is 0 Å². The zero-order chi connectivity index (χ0) is 16.8. The Balaban J connectivity index is 1.46. The second kappa shape index (κ2) is 8.43. The van der Waals surface area contributed by atoms with Crippen molar-refractivity contribution in [1.82, 2.24) is 4.90 Å². The van der Waals surface area contributed by atoms with E-state index in [4.69, 9.17) is 4.74 Å². The molecule has 128 valence electrons. The van der Waals surface area contributed by atoms with Crippen molar-refractivity contribution in [2.75, 3.05) is 13.2 Å². The fourth-order valence-corrected chi connectivity index (χ4v) is 3.04. The summed E-state index contributed by atoms with van der Waals surface area (Å²) in [4.78, 5) is 2.39. The molecule has 3 nitrogen and oxygen atoms in total. The SMILES string of the molecule is Cc1cccc(CN(CC(O)COCc2ccccc2)C2CC2)c1. The Hall–Kier alpha value is -1.68. The van der Waals surface area contributed by atoms with Gasteiger partial charge < -0.3 is 9.84 Å². The number of hydrogen-bond donors (Lipinski definition) is 1. The topological polar surface area (TPSA) is 32.7 Å². The number of nitrogens with zero attached hydrogens (tertiary/aromatic N) is 1. The van der Waals surface area contributed by atoms with Gasteiger partial charge in [-0.25, -0.2) is 0 Å². The van der Waals surface area contributed by atoms with Gasteiger partial charge >= 0.3 is 0 Å². The molecule has 0 bridgehead atoms. The van der Waals surface area contributed by atoms with E-state index < -0.39 is 6.10 Å². The molecule has 0 amide bonds. The molecule has 1 unspecified atom stereocenters. The van der Waals surface area contributed by atoms with E-state index in [9.17, 15) is 5.11 Å². The van der Waals surface area contributed by atoms with Crippen molar-refractivity contribution in [3.05, 3.63) is 71.3 Å². The number of aryl methyl sites for hydroxylation is 1. The second-order valence-electron chi connectivity index (χ2n) is 6.80. The van der Waals surface area contributed by atoms with E-state index in [1.807, 2.05) is 30.3 Å². The van der Waals surface area contributed by atoms with E-state index in [1.54, 1.807) is 0 Å². The highest BCUT2D eigenvalue weighted by molar-refractivity contribution is 5.22. The summed E-state index contributed by atoms with van der Waals surface area (Å²) in [5.74, 6) is 0. The summed E-state index contributed by atoms with van der Waals surface area (Å²) in [7, 11) is 0. The normalized spacial score (nSPS) is 15.6. The zero-order valence-electron chi connectivity index (χ0n) is 14.4. The molecule has 24 heavy (non-hydrogen) atoms. The van der Waals surface area contributed by atoms with Crippen LogP contribution in [0, 0.1) is 6.92 Å². The monoisotopic (exact) mass is 325 g/mol. The molecule has 2 aromatic rings. The van der Waals surface area contributed by atoms with E-state index in [0.29, 0.717) is 25.8 Å². The number of rotatable bonds is 9. The minimum Gasteiger partial charge on any atom is -0.389 e. The lowest BCUT2D eigenvalue weighted by molar-refractivity contribution is 0.00705. The number of aliphatic hydroxyl groups excluding tert-OH is 1. The summed E-state index contributed by atoms with van der Waals surface area (Å²) < 4.78 is 5.68. The summed E-state index contributed by atoms with van der Waals surface area (Å²) in [5, 5.41) is 10.3. The van der Waals surface area contributed by atoms with Crippen LogP contribution in [-0.2, 0) is 17.9 Å². The fraction of sp³-hybridized carbons (Fsp3) is 0.429. The molecule has 1 N–H and O–H groups in total. The quantitative estimate of drug-likeness (QED) is 0.765. The lowest BCUT2D eigenvalue weighted by atomic mass is 10.1. The van der Waals surface area contributed by atoms with Crippen molar-refractivity contribution in [2.24, 2.45) is 0 Å². The van der Waals surface area contributed by atoms with Crippen molar-refractivity contribution in [2.45, 2.75) is 45.1 Å².